The number of anilines is 1. The highest BCUT2D eigenvalue weighted by Gasteiger charge is 2.28. The topological polar surface area (TPSA) is 80.1 Å². The fourth-order valence-corrected chi connectivity index (χ4v) is 5.35. The SMILES string of the molecule is Cc1ccc(S(=O)(=O)n2ccc3c(N(C(C)C)[C@@H]4CCCNC4)ncnc32)cc1. The van der Waals surface area contributed by atoms with E-state index in [0.29, 0.717) is 11.7 Å². The van der Waals surface area contributed by atoms with Gasteiger partial charge in [-0.1, -0.05) is 17.7 Å². The number of piperidine rings is 1. The Bertz CT molecular complexity index is 1100. The maximum Gasteiger partial charge on any atom is 0.269 e. The molecule has 0 unspecified atom stereocenters. The van der Waals surface area contributed by atoms with Crippen molar-refractivity contribution in [1.29, 1.82) is 0 Å². The summed E-state index contributed by atoms with van der Waals surface area (Å²) in [7, 11) is -3.73. The molecule has 8 heteroatoms. The van der Waals surface area contributed by atoms with E-state index in [1.165, 1.54) is 10.3 Å². The van der Waals surface area contributed by atoms with Crippen molar-refractivity contribution in [1.82, 2.24) is 19.3 Å². The van der Waals surface area contributed by atoms with Crippen LogP contribution in [0.3, 0.4) is 0 Å². The number of aromatic nitrogens is 3. The number of rotatable bonds is 5. The van der Waals surface area contributed by atoms with Crippen molar-refractivity contribution in [2.45, 2.75) is 50.6 Å². The van der Waals surface area contributed by atoms with Crippen molar-refractivity contribution in [2.75, 3.05) is 18.0 Å². The monoisotopic (exact) mass is 413 g/mol. The molecule has 7 nitrogen and oxygen atoms in total. The molecule has 0 amide bonds. The van der Waals surface area contributed by atoms with E-state index in [0.717, 1.165) is 42.7 Å². The van der Waals surface area contributed by atoms with E-state index in [9.17, 15) is 8.42 Å². The summed E-state index contributed by atoms with van der Waals surface area (Å²) >= 11 is 0. The molecule has 3 heterocycles. The number of aryl methyl sites for hydroxylation is 1. The molecule has 0 saturated carbocycles. The summed E-state index contributed by atoms with van der Waals surface area (Å²) in [5.74, 6) is 0.788. The molecule has 2 aromatic heterocycles. The van der Waals surface area contributed by atoms with Crippen LogP contribution >= 0.6 is 0 Å². The average Bonchev–Trinajstić information content (AvgIpc) is 3.15. The van der Waals surface area contributed by atoms with Crippen molar-refractivity contribution >= 4 is 26.9 Å². The third kappa shape index (κ3) is 3.62. The van der Waals surface area contributed by atoms with Gasteiger partial charge in [0.05, 0.1) is 10.3 Å². The lowest BCUT2D eigenvalue weighted by atomic mass is 10.0. The van der Waals surface area contributed by atoms with E-state index >= 15 is 0 Å². The molecule has 1 N–H and O–H groups in total. The third-order valence-corrected chi connectivity index (χ3v) is 7.15. The predicted molar refractivity (Wildman–Crippen MR) is 115 cm³/mol. The molecule has 1 atom stereocenters. The van der Waals surface area contributed by atoms with Crippen LogP contribution in [-0.2, 0) is 10.0 Å². The number of nitrogens with one attached hydrogen (secondary N) is 1. The number of hydrogen-bond donors (Lipinski definition) is 1. The van der Waals surface area contributed by atoms with Gasteiger partial charge in [-0.05, 0) is 58.4 Å². The lowest BCUT2D eigenvalue weighted by Gasteiger charge is -2.38. The van der Waals surface area contributed by atoms with Crippen LogP contribution in [0, 0.1) is 6.92 Å². The van der Waals surface area contributed by atoms with E-state index in [1.807, 2.05) is 13.0 Å². The van der Waals surface area contributed by atoms with Gasteiger partial charge in [0, 0.05) is 24.8 Å². The minimum atomic E-state index is -3.73. The summed E-state index contributed by atoms with van der Waals surface area (Å²) < 4.78 is 27.7. The van der Waals surface area contributed by atoms with E-state index < -0.39 is 10.0 Å². The molecule has 1 aliphatic heterocycles. The van der Waals surface area contributed by atoms with Crippen LogP contribution in [0.25, 0.3) is 11.0 Å². The quantitative estimate of drug-likeness (QED) is 0.693. The lowest BCUT2D eigenvalue weighted by Crippen LogP contribution is -2.49. The molecule has 1 aliphatic rings. The minimum absolute atomic E-state index is 0.232. The Morgan fingerprint density at radius 3 is 2.59 bits per heavy atom. The zero-order valence-corrected chi connectivity index (χ0v) is 17.9. The van der Waals surface area contributed by atoms with Gasteiger partial charge in [0.2, 0.25) is 0 Å². The van der Waals surface area contributed by atoms with Crippen LogP contribution in [0.4, 0.5) is 5.82 Å². The molecular weight excluding hydrogens is 386 g/mol. The minimum Gasteiger partial charge on any atom is -0.349 e. The Morgan fingerprint density at radius 1 is 1.17 bits per heavy atom. The highest BCUT2D eigenvalue weighted by Crippen LogP contribution is 2.30. The summed E-state index contributed by atoms with van der Waals surface area (Å²) in [5.41, 5.74) is 1.42. The van der Waals surface area contributed by atoms with Gasteiger partial charge in [0.1, 0.15) is 12.1 Å². The summed E-state index contributed by atoms with van der Waals surface area (Å²) in [6, 6.07) is 9.22. The fourth-order valence-electron chi connectivity index (χ4n) is 4.05. The normalized spacial score (nSPS) is 17.7. The first-order valence-electron chi connectivity index (χ1n) is 10.0. The highest BCUT2D eigenvalue weighted by molar-refractivity contribution is 7.90. The van der Waals surface area contributed by atoms with Gasteiger partial charge < -0.3 is 10.2 Å². The molecule has 29 heavy (non-hydrogen) atoms. The van der Waals surface area contributed by atoms with Crippen LogP contribution in [0.15, 0.2) is 47.8 Å². The predicted octanol–water partition coefficient (Wildman–Crippen LogP) is 2.94. The molecule has 3 aromatic rings. The molecule has 154 valence electrons. The zero-order chi connectivity index (χ0) is 20.6. The molecule has 0 bridgehead atoms. The first-order chi connectivity index (χ1) is 13.9. The first-order valence-corrected chi connectivity index (χ1v) is 11.5. The number of nitrogens with zero attached hydrogens (tertiary/aromatic N) is 4. The van der Waals surface area contributed by atoms with Crippen molar-refractivity contribution in [3.63, 3.8) is 0 Å². The maximum atomic E-state index is 13.2. The fraction of sp³-hybridized carbons (Fsp3) is 0.429. The van der Waals surface area contributed by atoms with Crippen molar-refractivity contribution in [3.05, 3.63) is 48.4 Å². The molecule has 1 aromatic carbocycles. The van der Waals surface area contributed by atoms with Gasteiger partial charge >= 0.3 is 0 Å². The van der Waals surface area contributed by atoms with Crippen molar-refractivity contribution in [3.8, 4) is 0 Å². The second kappa shape index (κ2) is 7.76. The Kier molecular flexibility index (Phi) is 5.31. The lowest BCUT2D eigenvalue weighted by molar-refractivity contribution is 0.413. The second-order valence-electron chi connectivity index (χ2n) is 7.87. The highest BCUT2D eigenvalue weighted by atomic mass is 32.2. The Morgan fingerprint density at radius 2 is 1.93 bits per heavy atom. The summed E-state index contributed by atoms with van der Waals surface area (Å²) in [6.45, 7) is 8.14. The van der Waals surface area contributed by atoms with E-state index in [-0.39, 0.29) is 10.9 Å². The standard InChI is InChI=1S/C21H27N5O2S/c1-15(2)26(17-5-4-11-22-13-17)21-19-10-12-25(20(19)23-14-24-21)29(27,28)18-8-6-16(3)7-9-18/h6-10,12,14-15,17,22H,4-5,11,13H2,1-3H3/t17-/m1/s1. The van der Waals surface area contributed by atoms with Gasteiger partial charge in [-0.3, -0.25) is 0 Å². The largest absolute Gasteiger partial charge is 0.349 e. The number of benzene rings is 1. The van der Waals surface area contributed by atoms with E-state index in [2.05, 4.69) is 34.0 Å². The number of fused-ring (bicyclic) bond motifs is 1. The van der Waals surface area contributed by atoms with E-state index in [1.54, 1.807) is 30.5 Å². The molecule has 0 aliphatic carbocycles. The summed E-state index contributed by atoms with van der Waals surface area (Å²) in [4.78, 5) is 11.4. The average molecular weight is 414 g/mol. The Labute approximate surface area is 171 Å². The van der Waals surface area contributed by atoms with Crippen molar-refractivity contribution < 1.29 is 8.42 Å². The maximum absolute atomic E-state index is 13.2. The van der Waals surface area contributed by atoms with Crippen LogP contribution in [-0.4, -0.2) is 47.5 Å². The van der Waals surface area contributed by atoms with Gasteiger partial charge in [-0.15, -0.1) is 0 Å². The second-order valence-corrected chi connectivity index (χ2v) is 9.68. The first kappa shape index (κ1) is 19.8. The van der Waals surface area contributed by atoms with Gasteiger partial charge in [0.25, 0.3) is 10.0 Å². The molecule has 1 saturated heterocycles. The van der Waals surface area contributed by atoms with Gasteiger partial charge in [-0.25, -0.2) is 22.4 Å². The van der Waals surface area contributed by atoms with Gasteiger partial charge in [0.15, 0.2) is 5.65 Å². The Hall–Kier alpha value is -2.45. The van der Waals surface area contributed by atoms with Gasteiger partial charge in [-0.2, -0.15) is 0 Å². The Balaban J connectivity index is 1.81. The molecule has 0 radical (unpaired) electrons. The third-order valence-electron chi connectivity index (χ3n) is 5.47. The van der Waals surface area contributed by atoms with Crippen molar-refractivity contribution in [2.24, 2.45) is 0 Å². The molecule has 1 fully saturated rings. The van der Waals surface area contributed by atoms with Crippen LogP contribution in [0.1, 0.15) is 32.3 Å². The number of hydrogen-bond acceptors (Lipinski definition) is 6. The van der Waals surface area contributed by atoms with Crippen LogP contribution < -0.4 is 10.2 Å². The van der Waals surface area contributed by atoms with E-state index in [4.69, 9.17) is 0 Å². The summed E-state index contributed by atoms with van der Waals surface area (Å²) in [6.07, 6.45) is 5.24. The van der Waals surface area contributed by atoms with Crippen LogP contribution in [0.5, 0.6) is 0 Å². The zero-order valence-electron chi connectivity index (χ0n) is 17.0. The van der Waals surface area contributed by atoms with Crippen LogP contribution in [0.2, 0.25) is 0 Å². The molecule has 4 rings (SSSR count). The summed E-state index contributed by atoms with van der Waals surface area (Å²) in [5, 5.41) is 4.21. The smallest absolute Gasteiger partial charge is 0.269 e. The molecular formula is C21H27N5O2S. The molecule has 0 spiro atoms.